The molecule has 1 aliphatic heterocycles. The van der Waals surface area contributed by atoms with Gasteiger partial charge in [-0.3, -0.25) is 4.79 Å². The molecule has 0 unspecified atom stereocenters. The lowest BCUT2D eigenvalue weighted by Gasteiger charge is -2.35. The van der Waals surface area contributed by atoms with Gasteiger partial charge in [0, 0.05) is 30.8 Å². The summed E-state index contributed by atoms with van der Waals surface area (Å²) >= 11 is 1.52. The van der Waals surface area contributed by atoms with Gasteiger partial charge in [-0.05, 0) is 35.6 Å². The lowest BCUT2D eigenvalue weighted by atomic mass is 9.91. The second-order valence-corrected chi connectivity index (χ2v) is 7.80. The standard InChI is InChI=1S/C19H19NO4S/c21-17(20-9-7-19(24,8-10-20)18(22)23)15-11-13-6-5-12-3-1-2-4-14(12)16(13)25-15/h1-4,11,24H,5-10H2,(H,22,23). The first kappa shape index (κ1) is 16.3. The summed E-state index contributed by atoms with van der Waals surface area (Å²) in [4.78, 5) is 27.5. The Morgan fingerprint density at radius 3 is 2.48 bits per heavy atom. The highest BCUT2D eigenvalue weighted by Gasteiger charge is 2.40. The third kappa shape index (κ3) is 2.75. The summed E-state index contributed by atoms with van der Waals surface area (Å²) in [5.41, 5.74) is 2.04. The zero-order valence-electron chi connectivity index (χ0n) is 13.7. The van der Waals surface area contributed by atoms with Crippen LogP contribution >= 0.6 is 11.3 Å². The normalized spacial score (nSPS) is 18.4. The van der Waals surface area contributed by atoms with Crippen LogP contribution in [-0.4, -0.2) is 45.7 Å². The maximum Gasteiger partial charge on any atom is 0.335 e. The number of carboxylic acid groups (broad SMARTS) is 1. The molecule has 0 spiro atoms. The number of aliphatic hydroxyl groups is 1. The first-order valence-corrected chi connectivity index (χ1v) is 9.26. The highest BCUT2D eigenvalue weighted by molar-refractivity contribution is 7.17. The minimum Gasteiger partial charge on any atom is -0.479 e. The van der Waals surface area contributed by atoms with Gasteiger partial charge in [0.25, 0.3) is 5.91 Å². The molecule has 0 radical (unpaired) electrons. The SMILES string of the molecule is O=C(c1cc2c(s1)-c1ccccc1CC2)N1CCC(O)(C(=O)O)CC1. The van der Waals surface area contributed by atoms with Crippen molar-refractivity contribution in [2.45, 2.75) is 31.3 Å². The van der Waals surface area contributed by atoms with E-state index >= 15 is 0 Å². The lowest BCUT2D eigenvalue weighted by molar-refractivity contribution is -0.162. The summed E-state index contributed by atoms with van der Waals surface area (Å²) in [5.74, 6) is -1.27. The van der Waals surface area contributed by atoms with Crippen LogP contribution in [-0.2, 0) is 17.6 Å². The average Bonchev–Trinajstić information content (AvgIpc) is 3.06. The van der Waals surface area contributed by atoms with Gasteiger partial charge in [0.15, 0.2) is 5.60 Å². The zero-order chi connectivity index (χ0) is 17.6. The number of thiophene rings is 1. The van der Waals surface area contributed by atoms with Crippen LogP contribution in [0.25, 0.3) is 10.4 Å². The molecule has 2 aromatic rings. The monoisotopic (exact) mass is 357 g/mol. The molecule has 0 saturated carbocycles. The molecule has 1 saturated heterocycles. The molecular weight excluding hydrogens is 338 g/mol. The van der Waals surface area contributed by atoms with Gasteiger partial charge in [-0.25, -0.2) is 4.79 Å². The van der Waals surface area contributed by atoms with E-state index in [9.17, 15) is 14.7 Å². The van der Waals surface area contributed by atoms with Gasteiger partial charge >= 0.3 is 5.97 Å². The Morgan fingerprint density at radius 2 is 1.76 bits per heavy atom. The number of hydrogen-bond donors (Lipinski definition) is 2. The number of amides is 1. The maximum absolute atomic E-state index is 12.8. The molecule has 1 aromatic carbocycles. The van der Waals surface area contributed by atoms with Crippen LogP contribution in [0.3, 0.4) is 0 Å². The van der Waals surface area contributed by atoms with Gasteiger partial charge in [-0.1, -0.05) is 24.3 Å². The van der Waals surface area contributed by atoms with Crippen molar-refractivity contribution in [2.75, 3.05) is 13.1 Å². The van der Waals surface area contributed by atoms with E-state index in [1.54, 1.807) is 4.90 Å². The van der Waals surface area contributed by atoms with E-state index in [2.05, 4.69) is 12.1 Å². The third-order valence-electron chi connectivity index (χ3n) is 5.22. The molecule has 130 valence electrons. The van der Waals surface area contributed by atoms with Crippen molar-refractivity contribution >= 4 is 23.2 Å². The minimum absolute atomic E-state index is 0.0654. The number of carbonyl (C=O) groups is 2. The van der Waals surface area contributed by atoms with Crippen molar-refractivity contribution in [1.82, 2.24) is 4.90 Å². The van der Waals surface area contributed by atoms with Gasteiger partial charge < -0.3 is 15.1 Å². The number of benzene rings is 1. The maximum atomic E-state index is 12.8. The number of carbonyl (C=O) groups excluding carboxylic acids is 1. The number of aryl methyl sites for hydroxylation is 2. The van der Waals surface area contributed by atoms with Crippen LogP contribution in [0.5, 0.6) is 0 Å². The quantitative estimate of drug-likeness (QED) is 0.866. The molecule has 0 atom stereocenters. The van der Waals surface area contributed by atoms with Crippen LogP contribution < -0.4 is 0 Å². The fourth-order valence-corrected chi connectivity index (χ4v) is 4.87. The Labute approximate surface area is 149 Å². The predicted molar refractivity (Wildman–Crippen MR) is 94.9 cm³/mol. The van der Waals surface area contributed by atoms with E-state index in [1.165, 1.54) is 32.9 Å². The topological polar surface area (TPSA) is 77.8 Å². The number of carboxylic acids is 1. The molecule has 5 nitrogen and oxygen atoms in total. The Bertz CT molecular complexity index is 849. The van der Waals surface area contributed by atoms with Gasteiger partial charge in [-0.2, -0.15) is 0 Å². The highest BCUT2D eigenvalue weighted by Crippen LogP contribution is 2.40. The first-order valence-electron chi connectivity index (χ1n) is 8.44. The van der Waals surface area contributed by atoms with E-state index in [0.29, 0.717) is 4.88 Å². The van der Waals surface area contributed by atoms with Crippen molar-refractivity contribution in [3.63, 3.8) is 0 Å². The van der Waals surface area contributed by atoms with E-state index in [0.717, 1.165) is 12.8 Å². The number of aliphatic carboxylic acids is 1. The van der Waals surface area contributed by atoms with Gasteiger partial charge in [0.1, 0.15) is 0 Å². The number of fused-ring (bicyclic) bond motifs is 3. The molecule has 1 aromatic heterocycles. The van der Waals surface area contributed by atoms with Crippen molar-refractivity contribution in [3.8, 4) is 10.4 Å². The summed E-state index contributed by atoms with van der Waals surface area (Å²) in [7, 11) is 0. The van der Waals surface area contributed by atoms with E-state index in [1.807, 2.05) is 18.2 Å². The lowest BCUT2D eigenvalue weighted by Crippen LogP contribution is -2.50. The fourth-order valence-electron chi connectivity index (χ4n) is 3.63. The molecule has 2 aliphatic rings. The van der Waals surface area contributed by atoms with E-state index < -0.39 is 11.6 Å². The summed E-state index contributed by atoms with van der Waals surface area (Å²) < 4.78 is 0. The Kier molecular flexibility index (Phi) is 3.89. The number of likely N-dealkylation sites (tertiary alicyclic amines) is 1. The fraction of sp³-hybridized carbons (Fsp3) is 0.368. The summed E-state index contributed by atoms with van der Waals surface area (Å²) in [6.07, 6.45) is 2.07. The van der Waals surface area contributed by atoms with E-state index in [4.69, 9.17) is 5.11 Å². The Morgan fingerprint density at radius 1 is 1.08 bits per heavy atom. The second-order valence-electron chi connectivity index (χ2n) is 6.75. The molecule has 2 heterocycles. The molecule has 1 fully saturated rings. The van der Waals surface area contributed by atoms with Crippen LogP contribution in [0.4, 0.5) is 0 Å². The van der Waals surface area contributed by atoms with Crippen molar-refractivity contribution < 1.29 is 19.8 Å². The molecule has 6 heteroatoms. The zero-order valence-corrected chi connectivity index (χ0v) is 14.5. The highest BCUT2D eigenvalue weighted by atomic mass is 32.1. The van der Waals surface area contributed by atoms with Crippen molar-refractivity contribution in [1.29, 1.82) is 0 Å². The minimum atomic E-state index is -1.70. The van der Waals surface area contributed by atoms with Crippen LogP contribution in [0.2, 0.25) is 0 Å². The van der Waals surface area contributed by atoms with Gasteiger partial charge in [0.2, 0.25) is 0 Å². The average molecular weight is 357 g/mol. The Balaban J connectivity index is 1.56. The molecule has 1 aliphatic carbocycles. The van der Waals surface area contributed by atoms with Crippen molar-refractivity contribution in [3.05, 3.63) is 46.3 Å². The molecule has 1 amide bonds. The van der Waals surface area contributed by atoms with Crippen LogP contribution in [0, 0.1) is 0 Å². The number of hydrogen-bond acceptors (Lipinski definition) is 4. The Hall–Kier alpha value is -2.18. The largest absolute Gasteiger partial charge is 0.479 e. The van der Waals surface area contributed by atoms with E-state index in [-0.39, 0.29) is 31.8 Å². The number of rotatable bonds is 2. The van der Waals surface area contributed by atoms with Crippen molar-refractivity contribution in [2.24, 2.45) is 0 Å². The number of nitrogens with zero attached hydrogens (tertiary/aromatic N) is 1. The second kappa shape index (κ2) is 5.97. The molecular formula is C19H19NO4S. The first-order chi connectivity index (χ1) is 12.0. The summed E-state index contributed by atoms with van der Waals surface area (Å²) in [6, 6.07) is 10.3. The molecule has 4 rings (SSSR count). The number of piperidine rings is 1. The van der Waals surface area contributed by atoms with Crippen LogP contribution in [0.1, 0.15) is 33.6 Å². The van der Waals surface area contributed by atoms with Gasteiger partial charge in [0.05, 0.1) is 4.88 Å². The molecule has 25 heavy (non-hydrogen) atoms. The third-order valence-corrected chi connectivity index (χ3v) is 6.42. The molecule has 0 bridgehead atoms. The van der Waals surface area contributed by atoms with Gasteiger partial charge in [-0.15, -0.1) is 11.3 Å². The van der Waals surface area contributed by atoms with Crippen LogP contribution in [0.15, 0.2) is 30.3 Å². The molecule has 2 N–H and O–H groups in total. The summed E-state index contributed by atoms with van der Waals surface area (Å²) in [6.45, 7) is 0.529. The summed E-state index contributed by atoms with van der Waals surface area (Å²) in [5, 5.41) is 19.1. The predicted octanol–water partition coefficient (Wildman–Crippen LogP) is 2.57. The smallest absolute Gasteiger partial charge is 0.335 e.